The van der Waals surface area contributed by atoms with Gasteiger partial charge in [0.05, 0.1) is 42.0 Å². The van der Waals surface area contributed by atoms with E-state index >= 15 is 0 Å². The molecule has 0 spiro atoms. The fourth-order valence-corrected chi connectivity index (χ4v) is 5.63. The molecule has 37 heavy (non-hydrogen) atoms. The van der Waals surface area contributed by atoms with Crippen LogP contribution in [0.15, 0.2) is 72.8 Å². The topological polar surface area (TPSA) is 103 Å². The number of carbonyl (C=O) groups is 2. The molecule has 1 amide bonds. The van der Waals surface area contributed by atoms with E-state index in [9.17, 15) is 14.2 Å². The molecule has 0 aliphatic carbocycles. The van der Waals surface area contributed by atoms with Crippen LogP contribution in [0.1, 0.15) is 42.3 Å². The third kappa shape index (κ3) is 5.67. The normalized spacial score (nSPS) is 14.1. The maximum atomic E-state index is 13.4. The van der Waals surface area contributed by atoms with Crippen molar-refractivity contribution in [3.05, 3.63) is 89.5 Å². The molecule has 192 valence electrons. The summed E-state index contributed by atoms with van der Waals surface area (Å²) in [5, 5.41) is 6.62. The average molecular weight is 521 g/mol. The van der Waals surface area contributed by atoms with Crippen molar-refractivity contribution in [3.8, 4) is 0 Å². The second kappa shape index (κ2) is 11.6. The monoisotopic (exact) mass is 520 g/mol. The van der Waals surface area contributed by atoms with Crippen molar-refractivity contribution in [1.29, 1.82) is 0 Å². The fraction of sp³-hybridized carbons (Fsp3) is 0.214. The standard InChI is InChI=1S/C28H29N2O6P/c1-4-34-28(32)20-12-14-21(15-13-20)29-26(19-10-8-7-9-11-19)25-23-18-22(16-17-24(23)30-27(25)31)37(33,35-5-2)36-6-3/h7-18,29H,4-6H2,1-3H3,(H,30,31). The van der Waals surface area contributed by atoms with Gasteiger partial charge in [0.1, 0.15) is 0 Å². The van der Waals surface area contributed by atoms with Crippen molar-refractivity contribution in [1.82, 2.24) is 0 Å². The number of carbonyl (C=O) groups excluding carboxylic acids is 2. The van der Waals surface area contributed by atoms with Crippen LogP contribution in [-0.4, -0.2) is 31.7 Å². The van der Waals surface area contributed by atoms with Crippen molar-refractivity contribution in [2.45, 2.75) is 20.8 Å². The molecule has 1 heterocycles. The maximum Gasteiger partial charge on any atom is 0.361 e. The molecular weight excluding hydrogens is 491 g/mol. The van der Waals surface area contributed by atoms with Crippen LogP contribution in [0.2, 0.25) is 0 Å². The second-order valence-electron chi connectivity index (χ2n) is 8.06. The van der Waals surface area contributed by atoms with Gasteiger partial charge in [-0.15, -0.1) is 0 Å². The van der Waals surface area contributed by atoms with Crippen molar-refractivity contribution < 1.29 is 27.9 Å². The smallest absolute Gasteiger partial charge is 0.361 e. The minimum Gasteiger partial charge on any atom is -0.462 e. The number of hydrogen-bond acceptors (Lipinski definition) is 7. The van der Waals surface area contributed by atoms with Gasteiger partial charge in [0, 0.05) is 16.9 Å². The summed E-state index contributed by atoms with van der Waals surface area (Å²) in [6, 6.07) is 21.3. The van der Waals surface area contributed by atoms with Gasteiger partial charge in [-0.05, 0) is 68.8 Å². The molecule has 9 heteroatoms. The van der Waals surface area contributed by atoms with Gasteiger partial charge in [-0.2, -0.15) is 0 Å². The molecule has 8 nitrogen and oxygen atoms in total. The largest absolute Gasteiger partial charge is 0.462 e. The average Bonchev–Trinajstić information content (AvgIpc) is 3.23. The minimum absolute atomic E-state index is 0.215. The Balaban J connectivity index is 1.82. The fourth-order valence-electron chi connectivity index (χ4n) is 4.03. The van der Waals surface area contributed by atoms with E-state index in [-0.39, 0.29) is 19.1 Å². The number of ether oxygens (including phenoxy) is 1. The maximum absolute atomic E-state index is 13.4. The molecule has 3 aromatic rings. The number of fused-ring (bicyclic) bond motifs is 1. The lowest BCUT2D eigenvalue weighted by Gasteiger charge is -2.18. The van der Waals surface area contributed by atoms with Crippen LogP contribution < -0.4 is 15.9 Å². The Morgan fingerprint density at radius 3 is 2.16 bits per heavy atom. The third-order valence-electron chi connectivity index (χ3n) is 5.64. The molecule has 0 fully saturated rings. The van der Waals surface area contributed by atoms with E-state index in [0.717, 1.165) is 5.56 Å². The summed E-state index contributed by atoms with van der Waals surface area (Å²) in [5.74, 6) is -0.704. The number of nitrogens with one attached hydrogen (secondary N) is 2. The summed E-state index contributed by atoms with van der Waals surface area (Å²) >= 11 is 0. The third-order valence-corrected chi connectivity index (χ3v) is 7.75. The van der Waals surface area contributed by atoms with Gasteiger partial charge < -0.3 is 24.4 Å². The van der Waals surface area contributed by atoms with Crippen LogP contribution in [0.4, 0.5) is 11.4 Å². The molecule has 0 unspecified atom stereocenters. The summed E-state index contributed by atoms with van der Waals surface area (Å²) in [6.07, 6.45) is 0. The molecule has 2 N–H and O–H groups in total. The van der Waals surface area contributed by atoms with Crippen molar-refractivity contribution in [2.24, 2.45) is 0 Å². The lowest BCUT2D eigenvalue weighted by molar-refractivity contribution is -0.110. The molecule has 0 saturated heterocycles. The molecule has 1 aliphatic rings. The lowest BCUT2D eigenvalue weighted by atomic mass is 10.00. The molecule has 0 bridgehead atoms. The molecule has 0 saturated carbocycles. The van der Waals surface area contributed by atoms with E-state index in [4.69, 9.17) is 13.8 Å². The van der Waals surface area contributed by atoms with E-state index in [2.05, 4.69) is 10.6 Å². The molecule has 0 aromatic heterocycles. The second-order valence-corrected chi connectivity index (χ2v) is 10.1. The molecule has 1 aliphatic heterocycles. The number of hydrogen-bond donors (Lipinski definition) is 2. The highest BCUT2D eigenvalue weighted by atomic mass is 31.2. The molecule has 3 aromatic carbocycles. The Morgan fingerprint density at radius 2 is 1.54 bits per heavy atom. The summed E-state index contributed by atoms with van der Waals surface area (Å²) in [4.78, 5) is 25.3. The SMILES string of the molecule is CCOC(=O)c1ccc(NC(=C2C(=O)Nc3ccc(P(=O)(OCC)OCC)cc32)c2ccccc2)cc1. The van der Waals surface area contributed by atoms with Gasteiger partial charge >= 0.3 is 13.6 Å². The highest BCUT2D eigenvalue weighted by Crippen LogP contribution is 2.48. The summed E-state index contributed by atoms with van der Waals surface area (Å²) in [6.45, 7) is 5.97. The zero-order valence-electron chi connectivity index (χ0n) is 20.9. The number of amides is 1. The number of esters is 1. The zero-order valence-corrected chi connectivity index (χ0v) is 21.8. The van der Waals surface area contributed by atoms with Gasteiger partial charge in [0.2, 0.25) is 0 Å². The van der Waals surface area contributed by atoms with Gasteiger partial charge in [-0.3, -0.25) is 9.36 Å². The first-order valence-corrected chi connectivity index (χ1v) is 13.6. The van der Waals surface area contributed by atoms with Crippen LogP contribution in [0.5, 0.6) is 0 Å². The van der Waals surface area contributed by atoms with Crippen LogP contribution in [-0.2, 0) is 23.1 Å². The summed E-state index contributed by atoms with van der Waals surface area (Å²) in [5.41, 5.74) is 3.99. The predicted octanol–water partition coefficient (Wildman–Crippen LogP) is 5.69. The van der Waals surface area contributed by atoms with Crippen molar-refractivity contribution in [2.75, 3.05) is 30.5 Å². The number of anilines is 2. The lowest BCUT2D eigenvalue weighted by Crippen LogP contribution is -2.12. The van der Waals surface area contributed by atoms with E-state index in [1.165, 1.54) is 0 Å². The van der Waals surface area contributed by atoms with Gasteiger partial charge in [-0.25, -0.2) is 4.79 Å². The van der Waals surface area contributed by atoms with E-state index in [1.807, 2.05) is 30.3 Å². The predicted molar refractivity (Wildman–Crippen MR) is 145 cm³/mol. The first-order valence-electron chi connectivity index (χ1n) is 12.1. The van der Waals surface area contributed by atoms with Crippen LogP contribution in [0.25, 0.3) is 11.3 Å². The summed E-state index contributed by atoms with van der Waals surface area (Å²) < 4.78 is 29.6. The molecular formula is C28H29N2O6P. The van der Waals surface area contributed by atoms with Crippen molar-refractivity contribution >= 4 is 47.4 Å². The highest BCUT2D eigenvalue weighted by Gasteiger charge is 2.33. The van der Waals surface area contributed by atoms with Gasteiger partial charge in [-0.1, -0.05) is 30.3 Å². The van der Waals surface area contributed by atoms with Crippen LogP contribution in [0.3, 0.4) is 0 Å². The number of rotatable bonds is 10. The Labute approximate surface area is 216 Å². The first kappa shape index (κ1) is 26.4. The molecule has 4 rings (SSSR count). The Morgan fingerprint density at radius 1 is 0.865 bits per heavy atom. The van der Waals surface area contributed by atoms with Crippen LogP contribution >= 0.6 is 7.60 Å². The number of benzene rings is 3. The first-order chi connectivity index (χ1) is 17.9. The van der Waals surface area contributed by atoms with Gasteiger partial charge in [0.25, 0.3) is 5.91 Å². The van der Waals surface area contributed by atoms with E-state index < -0.39 is 13.6 Å². The Bertz CT molecular complexity index is 1360. The van der Waals surface area contributed by atoms with Gasteiger partial charge in [0.15, 0.2) is 0 Å². The quantitative estimate of drug-likeness (QED) is 0.201. The molecule has 0 atom stereocenters. The van der Waals surface area contributed by atoms with E-state index in [0.29, 0.717) is 45.7 Å². The Kier molecular flexibility index (Phi) is 8.24. The van der Waals surface area contributed by atoms with Crippen LogP contribution in [0, 0.1) is 0 Å². The minimum atomic E-state index is -3.57. The van der Waals surface area contributed by atoms with Crippen molar-refractivity contribution in [3.63, 3.8) is 0 Å². The zero-order chi connectivity index (χ0) is 26.4. The molecule has 0 radical (unpaired) electrons. The van der Waals surface area contributed by atoms with E-state index in [1.54, 1.807) is 63.2 Å². The summed E-state index contributed by atoms with van der Waals surface area (Å²) in [7, 11) is -3.57. The Hall–Kier alpha value is -3.71. The highest BCUT2D eigenvalue weighted by molar-refractivity contribution is 7.62.